The maximum atomic E-state index is 11.9. The summed E-state index contributed by atoms with van der Waals surface area (Å²) in [6.45, 7) is 0.915. The van der Waals surface area contributed by atoms with Crippen molar-refractivity contribution >= 4 is 17.3 Å². The fourth-order valence-corrected chi connectivity index (χ4v) is 2.05. The first-order chi connectivity index (χ1) is 9.97. The Balaban J connectivity index is 2.14. The van der Waals surface area contributed by atoms with E-state index < -0.39 is 27.1 Å². The van der Waals surface area contributed by atoms with E-state index in [4.69, 9.17) is 4.74 Å². The molecular weight excluding hydrogens is 282 g/mol. The molecule has 0 bridgehead atoms. The average molecular weight is 295 g/mol. The minimum Gasteiger partial charge on any atom is -0.376 e. The van der Waals surface area contributed by atoms with E-state index in [0.29, 0.717) is 6.61 Å². The second-order valence-electron chi connectivity index (χ2n) is 4.60. The lowest BCUT2D eigenvalue weighted by atomic mass is 10.1. The molecule has 0 aromatic heterocycles. The Labute approximate surface area is 119 Å². The van der Waals surface area contributed by atoms with Crippen molar-refractivity contribution in [3.63, 3.8) is 0 Å². The molecule has 2 rings (SSSR count). The SMILES string of the molecule is O=C(NC[C@@H]1CCCO1)c1cc([N+](=O)[O-])cc([N+](=O)[O-])c1. The number of nitrogens with one attached hydrogen (secondary N) is 1. The molecule has 0 aliphatic carbocycles. The van der Waals surface area contributed by atoms with Crippen molar-refractivity contribution < 1.29 is 19.4 Å². The monoisotopic (exact) mass is 295 g/mol. The third-order valence-electron chi connectivity index (χ3n) is 3.10. The number of ether oxygens (including phenoxy) is 1. The fraction of sp³-hybridized carbons (Fsp3) is 0.417. The lowest BCUT2D eigenvalue weighted by Gasteiger charge is -2.10. The summed E-state index contributed by atoms with van der Waals surface area (Å²) in [5.74, 6) is -0.600. The lowest BCUT2D eigenvalue weighted by molar-refractivity contribution is -0.394. The predicted molar refractivity (Wildman–Crippen MR) is 71.1 cm³/mol. The van der Waals surface area contributed by atoms with Crippen molar-refractivity contribution in [1.82, 2.24) is 5.32 Å². The number of nitrogens with zero attached hydrogens (tertiary/aromatic N) is 2. The third kappa shape index (κ3) is 3.72. The van der Waals surface area contributed by atoms with E-state index in [1.54, 1.807) is 0 Å². The summed E-state index contributed by atoms with van der Waals surface area (Å²) in [4.78, 5) is 31.9. The van der Waals surface area contributed by atoms with E-state index in [0.717, 1.165) is 31.0 Å². The van der Waals surface area contributed by atoms with Crippen LogP contribution < -0.4 is 5.32 Å². The fourth-order valence-electron chi connectivity index (χ4n) is 2.05. The largest absolute Gasteiger partial charge is 0.376 e. The molecule has 21 heavy (non-hydrogen) atoms. The summed E-state index contributed by atoms with van der Waals surface area (Å²) in [5, 5.41) is 24.1. The zero-order chi connectivity index (χ0) is 15.4. The van der Waals surface area contributed by atoms with Gasteiger partial charge < -0.3 is 10.1 Å². The highest BCUT2D eigenvalue weighted by Gasteiger charge is 2.21. The first-order valence-corrected chi connectivity index (χ1v) is 6.31. The number of rotatable bonds is 5. The molecule has 0 radical (unpaired) electrons. The summed E-state index contributed by atoms with van der Waals surface area (Å²) < 4.78 is 5.33. The molecule has 1 amide bonds. The molecular formula is C12H13N3O6. The minimum atomic E-state index is -0.774. The van der Waals surface area contributed by atoms with Crippen LogP contribution >= 0.6 is 0 Å². The Morgan fingerprint density at radius 1 is 1.24 bits per heavy atom. The first kappa shape index (κ1) is 14.9. The van der Waals surface area contributed by atoms with E-state index >= 15 is 0 Å². The van der Waals surface area contributed by atoms with Crippen LogP contribution in [0.1, 0.15) is 23.2 Å². The molecule has 112 valence electrons. The van der Waals surface area contributed by atoms with E-state index in [9.17, 15) is 25.0 Å². The summed E-state index contributed by atoms with van der Waals surface area (Å²) in [6, 6.07) is 2.84. The smallest absolute Gasteiger partial charge is 0.277 e. The molecule has 0 unspecified atom stereocenters. The van der Waals surface area contributed by atoms with Crippen LogP contribution in [-0.4, -0.2) is 35.0 Å². The van der Waals surface area contributed by atoms with Crippen molar-refractivity contribution in [3.05, 3.63) is 44.0 Å². The third-order valence-corrected chi connectivity index (χ3v) is 3.10. The standard InChI is InChI=1S/C12H13N3O6/c16-12(13-7-11-2-1-3-21-11)8-4-9(14(17)18)6-10(5-8)15(19)20/h4-6,11H,1-3,7H2,(H,13,16)/t11-/m0/s1. The Kier molecular flexibility index (Phi) is 4.43. The van der Waals surface area contributed by atoms with E-state index in [-0.39, 0.29) is 18.2 Å². The van der Waals surface area contributed by atoms with Gasteiger partial charge in [0.05, 0.1) is 27.6 Å². The zero-order valence-electron chi connectivity index (χ0n) is 11.0. The van der Waals surface area contributed by atoms with E-state index in [1.807, 2.05) is 0 Å². The van der Waals surface area contributed by atoms with Crippen LogP contribution in [-0.2, 0) is 4.74 Å². The van der Waals surface area contributed by atoms with Crippen molar-refractivity contribution in [1.29, 1.82) is 0 Å². The zero-order valence-corrected chi connectivity index (χ0v) is 11.0. The average Bonchev–Trinajstić information content (AvgIpc) is 2.97. The van der Waals surface area contributed by atoms with Crippen LogP contribution in [0.25, 0.3) is 0 Å². The van der Waals surface area contributed by atoms with Crippen LogP contribution in [0.15, 0.2) is 18.2 Å². The highest BCUT2D eigenvalue weighted by atomic mass is 16.6. The van der Waals surface area contributed by atoms with Gasteiger partial charge in [0.15, 0.2) is 0 Å². The molecule has 0 spiro atoms. The molecule has 1 aromatic carbocycles. The van der Waals surface area contributed by atoms with Crippen LogP contribution in [0, 0.1) is 20.2 Å². The van der Waals surface area contributed by atoms with Gasteiger partial charge in [-0.15, -0.1) is 0 Å². The Hall–Kier alpha value is -2.55. The lowest BCUT2D eigenvalue weighted by Crippen LogP contribution is -2.31. The number of benzene rings is 1. The predicted octanol–water partition coefficient (Wildman–Crippen LogP) is 1.41. The van der Waals surface area contributed by atoms with Crippen molar-refractivity contribution in [2.24, 2.45) is 0 Å². The van der Waals surface area contributed by atoms with Crippen LogP contribution in [0.4, 0.5) is 11.4 Å². The maximum Gasteiger partial charge on any atom is 0.277 e. The molecule has 1 saturated heterocycles. The number of amides is 1. The van der Waals surface area contributed by atoms with Gasteiger partial charge in [-0.3, -0.25) is 25.0 Å². The normalized spacial score (nSPS) is 17.4. The molecule has 1 N–H and O–H groups in total. The van der Waals surface area contributed by atoms with Gasteiger partial charge in [-0.05, 0) is 12.8 Å². The number of carbonyl (C=O) groups is 1. The Morgan fingerprint density at radius 2 is 1.86 bits per heavy atom. The summed E-state index contributed by atoms with van der Waals surface area (Å²) in [7, 11) is 0. The quantitative estimate of drug-likeness (QED) is 0.646. The molecule has 0 saturated carbocycles. The Bertz CT molecular complexity index is 550. The molecule has 1 aliphatic heterocycles. The topological polar surface area (TPSA) is 125 Å². The number of carbonyl (C=O) groups excluding carboxylic acids is 1. The number of hydrogen-bond donors (Lipinski definition) is 1. The highest BCUT2D eigenvalue weighted by Crippen LogP contribution is 2.22. The number of non-ortho nitro benzene ring substituents is 2. The molecule has 1 heterocycles. The van der Waals surface area contributed by atoms with Gasteiger partial charge in [-0.1, -0.05) is 0 Å². The molecule has 1 aliphatic rings. The van der Waals surface area contributed by atoms with Gasteiger partial charge >= 0.3 is 0 Å². The molecule has 1 atom stereocenters. The van der Waals surface area contributed by atoms with Gasteiger partial charge in [0.1, 0.15) is 0 Å². The first-order valence-electron chi connectivity index (χ1n) is 6.31. The summed E-state index contributed by atoms with van der Waals surface area (Å²) in [5.41, 5.74) is -1.10. The molecule has 9 heteroatoms. The highest BCUT2D eigenvalue weighted by molar-refractivity contribution is 5.95. The summed E-state index contributed by atoms with van der Waals surface area (Å²) >= 11 is 0. The minimum absolute atomic E-state index is 0.0809. The number of nitro benzene ring substituents is 2. The second-order valence-corrected chi connectivity index (χ2v) is 4.60. The van der Waals surface area contributed by atoms with Crippen molar-refractivity contribution in [3.8, 4) is 0 Å². The molecule has 1 fully saturated rings. The van der Waals surface area contributed by atoms with E-state index in [1.165, 1.54) is 0 Å². The van der Waals surface area contributed by atoms with Gasteiger partial charge in [0, 0.05) is 25.3 Å². The van der Waals surface area contributed by atoms with Crippen LogP contribution in [0.2, 0.25) is 0 Å². The van der Waals surface area contributed by atoms with Gasteiger partial charge in [-0.2, -0.15) is 0 Å². The summed E-state index contributed by atoms with van der Waals surface area (Å²) in [6.07, 6.45) is 1.67. The van der Waals surface area contributed by atoms with Crippen molar-refractivity contribution in [2.45, 2.75) is 18.9 Å². The maximum absolute atomic E-state index is 11.9. The van der Waals surface area contributed by atoms with Crippen molar-refractivity contribution in [2.75, 3.05) is 13.2 Å². The molecule has 9 nitrogen and oxygen atoms in total. The van der Waals surface area contributed by atoms with Gasteiger partial charge in [-0.25, -0.2) is 0 Å². The number of nitro groups is 2. The van der Waals surface area contributed by atoms with Crippen LogP contribution in [0.3, 0.4) is 0 Å². The van der Waals surface area contributed by atoms with Gasteiger partial charge in [0.2, 0.25) is 0 Å². The molecule has 1 aromatic rings. The second kappa shape index (κ2) is 6.27. The van der Waals surface area contributed by atoms with Gasteiger partial charge in [0.25, 0.3) is 17.3 Å². The Morgan fingerprint density at radius 3 is 2.33 bits per heavy atom. The van der Waals surface area contributed by atoms with E-state index in [2.05, 4.69) is 5.32 Å². The number of hydrogen-bond acceptors (Lipinski definition) is 6. The van der Waals surface area contributed by atoms with Crippen LogP contribution in [0.5, 0.6) is 0 Å².